The molecule has 2 aromatic heterocycles. The standard InChI is InChI=1S/C21H25F3N6/c1-13-9-10-29(11-13)17-16-18(26-19(25-17)20(2,3)4)30(28-27-16)12-14-7-5-6-8-15(14)21(22,23)24/h5-8,13H,9-12H2,1-4H3/t13-/m1/s1. The van der Waals surface area contributed by atoms with Gasteiger partial charge in [0.25, 0.3) is 0 Å². The van der Waals surface area contributed by atoms with Crippen LogP contribution in [-0.2, 0) is 18.1 Å². The van der Waals surface area contributed by atoms with Crippen molar-refractivity contribution in [3.63, 3.8) is 0 Å². The van der Waals surface area contributed by atoms with Gasteiger partial charge in [-0.1, -0.05) is 51.1 Å². The first-order chi connectivity index (χ1) is 14.0. The molecule has 0 amide bonds. The molecule has 1 aliphatic rings. The van der Waals surface area contributed by atoms with Gasteiger partial charge >= 0.3 is 6.18 Å². The summed E-state index contributed by atoms with van der Waals surface area (Å²) < 4.78 is 41.8. The fraction of sp³-hybridized carbons (Fsp3) is 0.524. The van der Waals surface area contributed by atoms with Crippen LogP contribution < -0.4 is 4.90 Å². The Bertz CT molecular complexity index is 1070. The van der Waals surface area contributed by atoms with Crippen molar-refractivity contribution in [1.29, 1.82) is 0 Å². The minimum Gasteiger partial charge on any atom is -0.354 e. The maximum absolute atomic E-state index is 13.4. The molecule has 1 fully saturated rings. The first-order valence-corrected chi connectivity index (χ1v) is 10.1. The van der Waals surface area contributed by atoms with E-state index in [2.05, 4.69) is 27.1 Å². The van der Waals surface area contributed by atoms with Gasteiger partial charge in [-0.15, -0.1) is 5.10 Å². The zero-order chi connectivity index (χ0) is 21.7. The first-order valence-electron chi connectivity index (χ1n) is 10.1. The summed E-state index contributed by atoms with van der Waals surface area (Å²) in [6.07, 6.45) is -3.38. The Labute approximate surface area is 173 Å². The minimum atomic E-state index is -4.44. The summed E-state index contributed by atoms with van der Waals surface area (Å²) in [6.45, 7) is 9.88. The predicted octanol–water partition coefficient (Wildman–Crippen LogP) is 4.43. The third-order valence-electron chi connectivity index (χ3n) is 5.38. The number of anilines is 1. The molecule has 6 nitrogen and oxygen atoms in total. The van der Waals surface area contributed by atoms with Gasteiger partial charge in [-0.2, -0.15) is 13.2 Å². The van der Waals surface area contributed by atoms with E-state index >= 15 is 0 Å². The van der Waals surface area contributed by atoms with Crippen molar-refractivity contribution >= 4 is 17.0 Å². The molecule has 0 aliphatic carbocycles. The normalized spacial score (nSPS) is 17.8. The number of aromatic nitrogens is 5. The highest BCUT2D eigenvalue weighted by Gasteiger charge is 2.33. The van der Waals surface area contributed by atoms with Crippen molar-refractivity contribution < 1.29 is 13.2 Å². The van der Waals surface area contributed by atoms with E-state index in [1.54, 1.807) is 6.07 Å². The Morgan fingerprint density at radius 3 is 2.47 bits per heavy atom. The maximum atomic E-state index is 13.4. The molecule has 4 rings (SSSR count). The molecule has 0 N–H and O–H groups in total. The average Bonchev–Trinajstić information content (AvgIpc) is 3.26. The topological polar surface area (TPSA) is 59.7 Å². The summed E-state index contributed by atoms with van der Waals surface area (Å²) >= 11 is 0. The summed E-state index contributed by atoms with van der Waals surface area (Å²) in [4.78, 5) is 11.6. The minimum absolute atomic E-state index is 0.0668. The Hall–Kier alpha value is -2.71. The number of hydrogen-bond acceptors (Lipinski definition) is 5. The van der Waals surface area contributed by atoms with Crippen molar-refractivity contribution in [2.24, 2.45) is 5.92 Å². The molecule has 0 bridgehead atoms. The molecule has 1 saturated heterocycles. The molecule has 1 aliphatic heterocycles. The summed E-state index contributed by atoms with van der Waals surface area (Å²) in [7, 11) is 0. The van der Waals surface area contributed by atoms with Gasteiger partial charge in [0.2, 0.25) is 0 Å². The number of alkyl halides is 3. The van der Waals surface area contributed by atoms with Crippen LogP contribution in [0.15, 0.2) is 24.3 Å². The van der Waals surface area contributed by atoms with E-state index < -0.39 is 11.7 Å². The van der Waals surface area contributed by atoms with Crippen molar-refractivity contribution in [2.75, 3.05) is 18.0 Å². The molecule has 0 spiro atoms. The van der Waals surface area contributed by atoms with Gasteiger partial charge in [0.1, 0.15) is 5.82 Å². The molecule has 1 atom stereocenters. The Morgan fingerprint density at radius 2 is 1.83 bits per heavy atom. The molecule has 0 radical (unpaired) electrons. The fourth-order valence-electron chi connectivity index (χ4n) is 3.73. The number of halogens is 3. The highest BCUT2D eigenvalue weighted by Crippen LogP contribution is 2.33. The number of rotatable bonds is 3. The quantitative estimate of drug-likeness (QED) is 0.630. The Kier molecular flexibility index (Phi) is 4.94. The highest BCUT2D eigenvalue weighted by atomic mass is 19.4. The van der Waals surface area contributed by atoms with E-state index in [9.17, 15) is 13.2 Å². The van der Waals surface area contributed by atoms with Gasteiger partial charge in [0.05, 0.1) is 12.1 Å². The third-order valence-corrected chi connectivity index (χ3v) is 5.38. The molecule has 30 heavy (non-hydrogen) atoms. The van der Waals surface area contributed by atoms with Crippen LogP contribution in [0.4, 0.5) is 19.0 Å². The number of fused-ring (bicyclic) bond motifs is 1. The van der Waals surface area contributed by atoms with E-state index in [4.69, 9.17) is 4.98 Å². The Morgan fingerprint density at radius 1 is 1.10 bits per heavy atom. The second kappa shape index (κ2) is 7.21. The van der Waals surface area contributed by atoms with Crippen molar-refractivity contribution in [1.82, 2.24) is 25.0 Å². The predicted molar refractivity (Wildman–Crippen MR) is 108 cm³/mol. The lowest BCUT2D eigenvalue weighted by molar-refractivity contribution is -0.138. The lowest BCUT2D eigenvalue weighted by Crippen LogP contribution is -2.24. The first kappa shape index (κ1) is 20.6. The number of nitrogens with zero attached hydrogens (tertiary/aromatic N) is 6. The van der Waals surface area contributed by atoms with Crippen LogP contribution in [0.5, 0.6) is 0 Å². The van der Waals surface area contributed by atoms with Crippen molar-refractivity contribution in [3.8, 4) is 0 Å². The molecule has 3 heterocycles. The van der Waals surface area contributed by atoms with E-state index in [1.165, 1.54) is 16.8 Å². The highest BCUT2D eigenvalue weighted by molar-refractivity contribution is 5.83. The van der Waals surface area contributed by atoms with Crippen LogP contribution in [0.2, 0.25) is 0 Å². The van der Waals surface area contributed by atoms with E-state index in [-0.39, 0.29) is 17.5 Å². The summed E-state index contributed by atoms with van der Waals surface area (Å²) in [6, 6.07) is 5.53. The maximum Gasteiger partial charge on any atom is 0.416 e. The zero-order valence-electron chi connectivity index (χ0n) is 17.5. The SMILES string of the molecule is C[C@@H]1CCN(c2nc(C(C)(C)C)nc3c2nnn3Cc2ccccc2C(F)(F)F)C1. The molecule has 9 heteroatoms. The van der Waals surface area contributed by atoms with Gasteiger partial charge in [0.15, 0.2) is 17.0 Å². The zero-order valence-corrected chi connectivity index (χ0v) is 17.5. The monoisotopic (exact) mass is 418 g/mol. The lowest BCUT2D eigenvalue weighted by Gasteiger charge is -2.22. The molecule has 160 valence electrons. The van der Waals surface area contributed by atoms with Gasteiger partial charge in [0, 0.05) is 18.5 Å². The number of benzene rings is 1. The van der Waals surface area contributed by atoms with Crippen LogP contribution in [0.3, 0.4) is 0 Å². The molecular formula is C21H25F3N6. The average molecular weight is 418 g/mol. The van der Waals surface area contributed by atoms with Crippen LogP contribution in [0.25, 0.3) is 11.2 Å². The van der Waals surface area contributed by atoms with Crippen LogP contribution in [0, 0.1) is 5.92 Å². The van der Waals surface area contributed by atoms with Gasteiger partial charge in [-0.25, -0.2) is 14.6 Å². The second-order valence-corrected chi connectivity index (χ2v) is 9.03. The van der Waals surface area contributed by atoms with E-state index in [0.717, 1.165) is 25.6 Å². The van der Waals surface area contributed by atoms with E-state index in [1.807, 2.05) is 20.8 Å². The molecule has 0 saturated carbocycles. The second-order valence-electron chi connectivity index (χ2n) is 9.03. The number of hydrogen-bond donors (Lipinski definition) is 0. The van der Waals surface area contributed by atoms with Crippen LogP contribution >= 0.6 is 0 Å². The fourth-order valence-corrected chi connectivity index (χ4v) is 3.73. The lowest BCUT2D eigenvalue weighted by atomic mass is 9.96. The van der Waals surface area contributed by atoms with Gasteiger partial charge in [-0.3, -0.25) is 0 Å². The molecule has 1 aromatic carbocycles. The van der Waals surface area contributed by atoms with Gasteiger partial charge in [-0.05, 0) is 24.0 Å². The molecule has 3 aromatic rings. The summed E-state index contributed by atoms with van der Waals surface area (Å²) in [5.74, 6) is 1.88. The summed E-state index contributed by atoms with van der Waals surface area (Å²) in [5, 5.41) is 8.42. The molecule has 0 unspecified atom stereocenters. The van der Waals surface area contributed by atoms with Crippen LogP contribution in [0.1, 0.15) is 51.1 Å². The smallest absolute Gasteiger partial charge is 0.354 e. The van der Waals surface area contributed by atoms with Crippen molar-refractivity contribution in [3.05, 3.63) is 41.2 Å². The Balaban J connectivity index is 1.83. The molecular weight excluding hydrogens is 393 g/mol. The summed E-state index contributed by atoms with van der Waals surface area (Å²) in [5.41, 5.74) is 0.118. The van der Waals surface area contributed by atoms with Gasteiger partial charge < -0.3 is 4.90 Å². The van der Waals surface area contributed by atoms with E-state index in [0.29, 0.717) is 28.7 Å². The van der Waals surface area contributed by atoms with Crippen molar-refractivity contribution in [2.45, 2.75) is 52.3 Å². The third kappa shape index (κ3) is 3.85. The largest absolute Gasteiger partial charge is 0.416 e. The van der Waals surface area contributed by atoms with Crippen LogP contribution in [-0.4, -0.2) is 38.1 Å².